The summed E-state index contributed by atoms with van der Waals surface area (Å²) in [5.41, 5.74) is 5.98. The molecule has 5 heterocycles. The number of fused-ring (bicyclic) bond motifs is 2. The van der Waals surface area contributed by atoms with Gasteiger partial charge in [0.05, 0.1) is 48.4 Å². The number of likely N-dealkylation sites (tertiary alicyclic amines) is 2. The molecule has 290 valence electrons. The third-order valence-corrected chi connectivity index (χ3v) is 12.3. The topological polar surface area (TPSA) is 187 Å². The number of amides is 4. The van der Waals surface area contributed by atoms with Crippen molar-refractivity contribution in [3.8, 4) is 0 Å². The second-order valence-corrected chi connectivity index (χ2v) is 15.9. The summed E-state index contributed by atoms with van der Waals surface area (Å²) in [4.78, 5) is 72.1. The van der Waals surface area contributed by atoms with Gasteiger partial charge in [-0.05, 0) is 111 Å². The van der Waals surface area contributed by atoms with Gasteiger partial charge in [-0.3, -0.25) is 9.59 Å². The number of rotatable bonds is 10. The van der Waals surface area contributed by atoms with Crippen molar-refractivity contribution in [3.63, 3.8) is 0 Å². The lowest BCUT2D eigenvalue weighted by atomic mass is 10.0. The Hall–Kier alpha value is -5.18. The zero-order valence-corrected chi connectivity index (χ0v) is 31.3. The van der Waals surface area contributed by atoms with Crippen LogP contribution in [0.25, 0.3) is 22.1 Å². The largest absolute Gasteiger partial charge is 0.453 e. The molecule has 0 spiro atoms. The maximum absolute atomic E-state index is 13.7. The minimum Gasteiger partial charge on any atom is -0.453 e. The number of imidazole rings is 2. The zero-order chi connectivity index (χ0) is 37.8. The Balaban J connectivity index is 0.873. The highest BCUT2D eigenvalue weighted by molar-refractivity contribution is 5.88. The van der Waals surface area contributed by atoms with Gasteiger partial charge in [0, 0.05) is 25.2 Å². The highest BCUT2D eigenvalue weighted by atomic mass is 16.5. The molecule has 15 heteroatoms. The fourth-order valence-electron chi connectivity index (χ4n) is 9.09. The van der Waals surface area contributed by atoms with E-state index >= 15 is 0 Å². The van der Waals surface area contributed by atoms with Crippen molar-refractivity contribution < 1.29 is 28.7 Å². The first-order chi connectivity index (χ1) is 26.8. The van der Waals surface area contributed by atoms with Gasteiger partial charge < -0.3 is 45.2 Å². The predicted octanol–water partition coefficient (Wildman–Crippen LogP) is 5.20. The maximum Gasteiger partial charge on any atom is 0.407 e. The summed E-state index contributed by atoms with van der Waals surface area (Å²) in [5.74, 6) is 1.73. The van der Waals surface area contributed by atoms with Crippen LogP contribution in [0.15, 0.2) is 36.4 Å². The lowest BCUT2D eigenvalue weighted by Crippen LogP contribution is -2.49. The molecular formula is C40H49N9O6. The van der Waals surface area contributed by atoms with Crippen LogP contribution in [0.4, 0.5) is 9.59 Å². The average molecular weight is 752 g/mol. The fourth-order valence-corrected chi connectivity index (χ4v) is 9.09. The van der Waals surface area contributed by atoms with E-state index in [0.29, 0.717) is 13.1 Å². The Morgan fingerprint density at radius 3 is 1.49 bits per heavy atom. The first kappa shape index (κ1) is 35.5. The quantitative estimate of drug-likeness (QED) is 0.145. The lowest BCUT2D eigenvalue weighted by Gasteiger charge is -2.28. The molecule has 5 fully saturated rings. The number of hydrogen-bond acceptors (Lipinski definition) is 9. The molecule has 2 aliphatic carbocycles. The van der Waals surface area contributed by atoms with Crippen LogP contribution in [0.2, 0.25) is 0 Å². The van der Waals surface area contributed by atoms with Crippen molar-refractivity contribution >= 4 is 46.1 Å². The summed E-state index contributed by atoms with van der Waals surface area (Å²) in [6, 6.07) is 11.6. The number of alkyl carbamates (subject to hydrolysis) is 2. The number of carbonyl (C=O) groups excluding carboxylic acids is 4. The van der Waals surface area contributed by atoms with E-state index in [1.165, 1.54) is 25.3 Å². The molecule has 0 unspecified atom stereocenters. The van der Waals surface area contributed by atoms with Crippen LogP contribution in [0, 0.1) is 11.8 Å². The SMILES string of the molecule is COC(=O)N[C@H](C(=O)N1CCC[C@H]1c1nc2ccc([C@H]3CC[C@H](c4ccc5nc([C@@H]6CCCN6C(=O)[C@@H](NC(=O)OC)C6CC6)[nH]c5c4)N3)cc2[nH]1)C1CC1. The van der Waals surface area contributed by atoms with Crippen LogP contribution >= 0.6 is 0 Å². The second-order valence-electron chi connectivity index (χ2n) is 15.9. The summed E-state index contributed by atoms with van der Waals surface area (Å²) < 4.78 is 9.61. The summed E-state index contributed by atoms with van der Waals surface area (Å²) in [6.45, 7) is 1.26. The Kier molecular flexibility index (Phi) is 9.35. The number of benzene rings is 2. The van der Waals surface area contributed by atoms with Gasteiger partial charge >= 0.3 is 12.2 Å². The molecule has 55 heavy (non-hydrogen) atoms. The van der Waals surface area contributed by atoms with Crippen molar-refractivity contribution in [3.05, 3.63) is 59.2 Å². The Bertz CT molecular complexity index is 1980. The van der Waals surface area contributed by atoms with E-state index < -0.39 is 24.3 Å². The lowest BCUT2D eigenvalue weighted by molar-refractivity contribution is -0.135. The number of methoxy groups -OCH3 is 2. The van der Waals surface area contributed by atoms with Gasteiger partial charge in [0.2, 0.25) is 11.8 Å². The van der Waals surface area contributed by atoms with Crippen molar-refractivity contribution in [1.82, 2.24) is 45.7 Å². The molecular weight excluding hydrogens is 702 g/mol. The van der Waals surface area contributed by atoms with Crippen LogP contribution in [-0.4, -0.2) is 93.1 Å². The Morgan fingerprint density at radius 2 is 1.09 bits per heavy atom. The third kappa shape index (κ3) is 6.98. The first-order valence-corrected chi connectivity index (χ1v) is 19.8. The van der Waals surface area contributed by atoms with Gasteiger partial charge in [0.25, 0.3) is 0 Å². The standard InChI is InChI=1S/C40H49N9O6/c1-54-39(52)46-33(21-7-8-21)37(50)48-17-3-5-31(48)35-42-27-13-11-23(19-29(27)44-35)25-15-16-26(41-25)24-12-14-28-30(20-24)45-36(43-28)32-6-4-18-49(32)38(51)34(22-9-10-22)47-40(53)55-2/h11-14,19-22,25-26,31-34,41H,3-10,15-18H2,1-2H3,(H,42,44)(H,43,45)(H,46,52)(H,47,53)/t25-,26-,31+,32+,33+,34+/m1/s1. The molecule has 3 aliphatic heterocycles. The Labute approximate surface area is 318 Å². The molecule has 2 saturated carbocycles. The van der Waals surface area contributed by atoms with Crippen LogP contribution in [0.3, 0.4) is 0 Å². The molecule has 3 saturated heterocycles. The monoisotopic (exact) mass is 751 g/mol. The zero-order valence-electron chi connectivity index (χ0n) is 31.3. The molecule has 0 radical (unpaired) electrons. The average Bonchev–Trinajstić information content (AvgIpc) is 3.82. The number of nitrogens with one attached hydrogen (secondary N) is 5. The summed E-state index contributed by atoms with van der Waals surface area (Å²) in [6.07, 6.45) is 7.87. The van der Waals surface area contributed by atoms with Crippen LogP contribution < -0.4 is 16.0 Å². The molecule has 0 bridgehead atoms. The van der Waals surface area contributed by atoms with Gasteiger partial charge in [0.1, 0.15) is 23.7 Å². The second kappa shape index (κ2) is 14.5. The normalized spacial score (nSPS) is 25.0. The molecule has 4 aromatic rings. The van der Waals surface area contributed by atoms with E-state index in [4.69, 9.17) is 19.4 Å². The van der Waals surface area contributed by atoms with E-state index in [0.717, 1.165) is 97.9 Å². The highest BCUT2D eigenvalue weighted by Crippen LogP contribution is 2.41. The van der Waals surface area contributed by atoms with Gasteiger partial charge in [0.15, 0.2) is 0 Å². The molecule has 2 aromatic carbocycles. The number of nitrogens with zero attached hydrogens (tertiary/aromatic N) is 4. The van der Waals surface area contributed by atoms with Crippen LogP contribution in [0.1, 0.15) is 111 Å². The number of H-pyrrole nitrogens is 2. The third-order valence-electron chi connectivity index (χ3n) is 12.3. The molecule has 15 nitrogen and oxygen atoms in total. The van der Waals surface area contributed by atoms with Gasteiger partial charge in [-0.25, -0.2) is 19.6 Å². The number of aromatic amines is 2. The van der Waals surface area contributed by atoms with E-state index in [1.807, 2.05) is 9.80 Å². The smallest absolute Gasteiger partial charge is 0.407 e. The molecule has 5 aliphatic rings. The predicted molar refractivity (Wildman–Crippen MR) is 202 cm³/mol. The van der Waals surface area contributed by atoms with E-state index in [-0.39, 0.29) is 47.8 Å². The molecule has 4 amide bonds. The number of carbonyl (C=O) groups is 4. The summed E-state index contributed by atoms with van der Waals surface area (Å²) >= 11 is 0. The molecule has 2 aromatic heterocycles. The minimum atomic E-state index is -0.577. The molecule has 6 atom stereocenters. The van der Waals surface area contributed by atoms with Crippen molar-refractivity contribution in [2.24, 2.45) is 11.8 Å². The number of ether oxygens (including phenoxy) is 2. The van der Waals surface area contributed by atoms with Crippen LogP contribution in [0.5, 0.6) is 0 Å². The first-order valence-electron chi connectivity index (χ1n) is 19.8. The Morgan fingerprint density at radius 1 is 0.655 bits per heavy atom. The molecule has 9 rings (SSSR count). The van der Waals surface area contributed by atoms with Crippen molar-refractivity contribution in [1.29, 1.82) is 0 Å². The fraction of sp³-hybridized carbons (Fsp3) is 0.550. The van der Waals surface area contributed by atoms with Crippen molar-refractivity contribution in [2.75, 3.05) is 27.3 Å². The van der Waals surface area contributed by atoms with Gasteiger partial charge in [-0.2, -0.15) is 0 Å². The van der Waals surface area contributed by atoms with E-state index in [1.54, 1.807) is 0 Å². The summed E-state index contributed by atoms with van der Waals surface area (Å²) in [5, 5.41) is 9.41. The van der Waals surface area contributed by atoms with Crippen molar-refractivity contribution in [2.45, 2.75) is 100 Å². The number of aromatic nitrogens is 4. The van der Waals surface area contributed by atoms with Gasteiger partial charge in [-0.15, -0.1) is 0 Å². The highest BCUT2D eigenvalue weighted by Gasteiger charge is 2.45. The van der Waals surface area contributed by atoms with Crippen LogP contribution in [-0.2, 0) is 19.1 Å². The van der Waals surface area contributed by atoms with Gasteiger partial charge in [-0.1, -0.05) is 12.1 Å². The number of hydrogen-bond donors (Lipinski definition) is 5. The molecule has 5 N–H and O–H groups in total. The summed E-state index contributed by atoms with van der Waals surface area (Å²) in [7, 11) is 2.64. The van der Waals surface area contributed by atoms with E-state index in [2.05, 4.69) is 62.3 Å². The maximum atomic E-state index is 13.7. The van der Waals surface area contributed by atoms with E-state index in [9.17, 15) is 19.2 Å². The minimum absolute atomic E-state index is 0.0649.